The second kappa shape index (κ2) is 29.8. The molecule has 2 aliphatic heterocycles. The first kappa shape index (κ1) is 76.3. The third-order valence-corrected chi connectivity index (χ3v) is 29.1. The largest absolute Gasteiger partial charge is 0.310 e. The molecule has 0 unspecified atom stereocenters. The second-order valence-electron chi connectivity index (χ2n) is 36.5. The van der Waals surface area contributed by atoms with Crippen LogP contribution in [-0.4, -0.2) is 0 Å². The Balaban J connectivity index is 0.000000140. The van der Waals surface area contributed by atoms with E-state index in [2.05, 4.69) is 520 Å². The molecule has 0 bridgehead atoms. The number of hydrogen-bond donors (Lipinski definition) is 0. The molecule has 4 aliphatic carbocycles. The number of rotatable bonds is 11. The van der Waals surface area contributed by atoms with Gasteiger partial charge in [0, 0.05) is 56.3 Å². The summed E-state index contributed by atoms with van der Waals surface area (Å²) in [5.74, 6) is 0. The van der Waals surface area contributed by atoms with E-state index in [1.54, 1.807) is 0 Å². The summed E-state index contributed by atoms with van der Waals surface area (Å²) >= 11 is 0. The Morgan fingerprint density at radius 2 is 0.415 bits per heavy atom. The topological polar surface area (TPSA) is 13.0 Å². The monoisotopic (exact) mass is 1660 g/mol. The van der Waals surface area contributed by atoms with Gasteiger partial charge in [0.15, 0.2) is 0 Å². The van der Waals surface area contributed by atoms with Crippen molar-refractivity contribution in [3.05, 3.63) is 540 Å². The summed E-state index contributed by atoms with van der Waals surface area (Å²) in [6.45, 7) is 9.57. The van der Waals surface area contributed by atoms with Crippen molar-refractivity contribution in [2.75, 3.05) is 19.6 Å². The number of benzene rings is 20. The molecule has 0 fully saturated rings. The fourth-order valence-corrected chi connectivity index (χ4v) is 23.2. The number of hydrogen-bond acceptors (Lipinski definition) is 4. The Morgan fingerprint density at radius 1 is 0.162 bits per heavy atom. The molecular weight excluding hydrogens is 1570 g/mol. The zero-order valence-electron chi connectivity index (χ0n) is 72.8. The molecule has 0 aromatic heterocycles. The van der Waals surface area contributed by atoms with Gasteiger partial charge in [-0.15, -0.1) is 0 Å². The summed E-state index contributed by atoms with van der Waals surface area (Å²) in [5.41, 5.74) is 45.8. The van der Waals surface area contributed by atoms with Crippen LogP contribution in [0.4, 0.5) is 68.2 Å². The second-order valence-corrected chi connectivity index (χ2v) is 36.5. The van der Waals surface area contributed by atoms with E-state index in [-0.39, 0.29) is 10.8 Å². The molecule has 2 heterocycles. The lowest BCUT2D eigenvalue weighted by atomic mass is 9.64. The van der Waals surface area contributed by atoms with Gasteiger partial charge in [0.2, 0.25) is 0 Å². The van der Waals surface area contributed by atoms with Gasteiger partial charge in [0.1, 0.15) is 0 Å². The highest BCUT2D eigenvalue weighted by Gasteiger charge is 2.54. The van der Waals surface area contributed by atoms with Crippen molar-refractivity contribution in [1.29, 1.82) is 0 Å². The Bertz CT molecular complexity index is 7830. The third-order valence-electron chi connectivity index (χ3n) is 29.1. The van der Waals surface area contributed by atoms with Crippen LogP contribution in [0.2, 0.25) is 0 Å². The van der Waals surface area contributed by atoms with Gasteiger partial charge in [-0.2, -0.15) is 0 Å². The van der Waals surface area contributed by atoms with Crippen LogP contribution in [0.25, 0.3) is 88.7 Å². The zero-order chi connectivity index (χ0) is 86.6. The molecule has 2 spiro atoms. The van der Waals surface area contributed by atoms with Gasteiger partial charge in [-0.1, -0.05) is 361 Å². The quantitative estimate of drug-likeness (QED) is 0.128. The summed E-state index contributed by atoms with van der Waals surface area (Å²) in [6, 6.07) is 176. The van der Waals surface area contributed by atoms with Crippen LogP contribution in [-0.2, 0) is 21.7 Å². The van der Waals surface area contributed by atoms with E-state index in [9.17, 15) is 0 Å². The summed E-state index contributed by atoms with van der Waals surface area (Å²) < 4.78 is 0. The first-order valence-corrected chi connectivity index (χ1v) is 45.5. The van der Waals surface area contributed by atoms with E-state index in [1.807, 2.05) is 0 Å². The number of nitrogens with zero attached hydrogens (tertiary/aromatic N) is 4. The Hall–Kier alpha value is -16.1. The van der Waals surface area contributed by atoms with Crippen LogP contribution in [0.5, 0.6) is 0 Å². The van der Waals surface area contributed by atoms with E-state index in [4.69, 9.17) is 0 Å². The minimum absolute atomic E-state index is 0.209. The molecule has 0 amide bonds. The first-order chi connectivity index (χ1) is 64.0. The molecule has 4 heteroatoms. The molecule has 0 radical (unpaired) electrons. The highest BCUT2D eigenvalue weighted by Crippen LogP contribution is 2.67. The Kier molecular flexibility index (Phi) is 17.5. The standard InChI is InChI=1S/C64H46N2.C62H44N2/c1-63(2)58-40-46(44-20-8-4-9-21-44)32-37-52(58)53-38-35-49(41-59(53)63)65(48-33-30-45(31-34-48)43-18-6-3-7-19-43)50-36-39-54-51-24-12-13-25-55(51)64(60(54)42-50)56-26-14-16-28-61(56)66(47-22-10-5-11-23-47)62-29-17-15-27-57(62)64;1-61(2)56-38-44(43-30-29-41-17-9-10-18-42(41)37-43)31-34-50(56)51-35-32-47(39-57(51)61)63(45-19-5-3-6-20-45)48-33-36-52-49-23-11-12-24-53(49)62(58(52)40-48)54-25-13-15-27-59(54)64(46-21-7-4-8-22-46)60-28-16-14-26-55(60)62/h3-42H,1-2H3;3-40H,1-2H3. The average Bonchev–Trinajstić information content (AvgIpc) is 1.47. The fraction of sp³-hybridized carbons (Fsp3) is 0.0635. The van der Waals surface area contributed by atoms with Crippen molar-refractivity contribution in [3.8, 4) is 77.9 Å². The smallest absolute Gasteiger partial charge is 0.0755 e. The van der Waals surface area contributed by atoms with Gasteiger partial charge >= 0.3 is 0 Å². The van der Waals surface area contributed by atoms with Gasteiger partial charge < -0.3 is 19.6 Å². The number of para-hydroxylation sites is 7. The van der Waals surface area contributed by atoms with Gasteiger partial charge in [0.25, 0.3) is 0 Å². The van der Waals surface area contributed by atoms with Gasteiger partial charge in [-0.25, -0.2) is 0 Å². The van der Waals surface area contributed by atoms with Crippen molar-refractivity contribution < 1.29 is 0 Å². The van der Waals surface area contributed by atoms with Crippen LogP contribution in [0, 0.1) is 0 Å². The molecule has 4 nitrogen and oxygen atoms in total. The minimum atomic E-state index is -0.568. The van der Waals surface area contributed by atoms with Gasteiger partial charge in [-0.05, 0) is 295 Å². The van der Waals surface area contributed by atoms with Crippen molar-refractivity contribution in [2.24, 2.45) is 0 Å². The number of anilines is 12. The molecule has 0 N–H and O–H groups in total. The van der Waals surface area contributed by atoms with Crippen LogP contribution in [0.15, 0.2) is 473 Å². The fourth-order valence-electron chi connectivity index (χ4n) is 23.2. The average molecular weight is 1660 g/mol. The lowest BCUT2D eigenvalue weighted by Crippen LogP contribution is -2.36. The third kappa shape index (κ3) is 11.5. The minimum Gasteiger partial charge on any atom is -0.310 e. The Labute approximate surface area is 760 Å². The molecule has 0 saturated carbocycles. The predicted octanol–water partition coefficient (Wildman–Crippen LogP) is 33.4. The van der Waals surface area contributed by atoms with Crippen LogP contribution in [0.3, 0.4) is 0 Å². The molecule has 0 saturated heterocycles. The van der Waals surface area contributed by atoms with E-state index >= 15 is 0 Å². The molecule has 20 aromatic rings. The lowest BCUT2D eigenvalue weighted by molar-refractivity contribution is 0.660. The van der Waals surface area contributed by atoms with Crippen molar-refractivity contribution in [3.63, 3.8) is 0 Å². The lowest BCUT2D eigenvalue weighted by Gasteiger charge is -2.45. The number of fused-ring (bicyclic) bond motifs is 25. The van der Waals surface area contributed by atoms with Crippen molar-refractivity contribution >= 4 is 79.0 Å². The first-order valence-electron chi connectivity index (χ1n) is 45.5. The summed E-state index contributed by atoms with van der Waals surface area (Å²) in [6.07, 6.45) is 0. The molecular formula is C126H90N4. The highest BCUT2D eigenvalue weighted by molar-refractivity contribution is 6.01. The van der Waals surface area contributed by atoms with Crippen LogP contribution in [0.1, 0.15) is 94.5 Å². The molecule has 6 aliphatic rings. The summed E-state index contributed by atoms with van der Waals surface area (Å²) in [5, 5.41) is 2.53. The maximum atomic E-state index is 2.51. The van der Waals surface area contributed by atoms with E-state index in [1.165, 1.54) is 178 Å². The maximum Gasteiger partial charge on any atom is 0.0755 e. The Morgan fingerprint density at radius 3 is 0.831 bits per heavy atom. The molecule has 20 aromatic carbocycles. The van der Waals surface area contributed by atoms with Crippen molar-refractivity contribution in [1.82, 2.24) is 0 Å². The molecule has 614 valence electrons. The van der Waals surface area contributed by atoms with Crippen molar-refractivity contribution in [2.45, 2.75) is 49.4 Å². The zero-order valence-corrected chi connectivity index (χ0v) is 72.8. The highest BCUT2D eigenvalue weighted by atomic mass is 15.2. The predicted molar refractivity (Wildman–Crippen MR) is 542 cm³/mol. The summed E-state index contributed by atoms with van der Waals surface area (Å²) in [7, 11) is 0. The summed E-state index contributed by atoms with van der Waals surface area (Å²) in [4.78, 5) is 9.85. The normalized spacial score (nSPS) is 14.2. The van der Waals surface area contributed by atoms with Gasteiger partial charge in [-0.3, -0.25) is 0 Å². The van der Waals surface area contributed by atoms with Crippen LogP contribution >= 0.6 is 0 Å². The van der Waals surface area contributed by atoms with E-state index < -0.39 is 10.8 Å². The van der Waals surface area contributed by atoms with E-state index in [0.29, 0.717) is 0 Å². The van der Waals surface area contributed by atoms with Crippen LogP contribution < -0.4 is 19.6 Å². The SMILES string of the molecule is CC1(C)c2cc(-c3ccc4ccccc4c3)ccc2-c2ccc(N(c3ccccc3)c3ccc4c(c3)C3(c5ccccc5-4)c4ccccc4N(c4ccccc4)c4ccccc43)cc21.CC1(C)c2cc(-c3ccccc3)ccc2-c2ccc(N(c3ccc(-c4ccccc4)cc3)c3ccc4c(c3)C3(c5ccccc5-4)c4ccccc4N(c4ccccc4)c4ccccc43)cc21. The van der Waals surface area contributed by atoms with E-state index in [0.717, 1.165) is 45.5 Å². The molecule has 0 atom stereocenters. The molecule has 130 heavy (non-hydrogen) atoms. The molecule has 26 rings (SSSR count). The maximum absolute atomic E-state index is 2.51. The van der Waals surface area contributed by atoms with Gasteiger partial charge in [0.05, 0.1) is 33.6 Å².